The third-order valence-corrected chi connectivity index (χ3v) is 3.68. The number of nitrogens with zero attached hydrogens (tertiary/aromatic N) is 2. The van der Waals surface area contributed by atoms with E-state index in [0.717, 1.165) is 19.3 Å². The number of pyridine rings is 1. The SMILES string of the molecule is Nc1nc(NCC2(CC(=O)O)CCC2)ccc1[N+](=O)[O-]. The topological polar surface area (TPSA) is 131 Å². The molecule has 1 saturated carbocycles. The smallest absolute Gasteiger partial charge is 0.311 e. The van der Waals surface area contributed by atoms with Gasteiger partial charge >= 0.3 is 11.7 Å². The number of nitrogens with one attached hydrogen (secondary N) is 1. The predicted octanol–water partition coefficient (Wildman–Crippen LogP) is 1.63. The summed E-state index contributed by atoms with van der Waals surface area (Å²) in [4.78, 5) is 24.8. The zero-order valence-corrected chi connectivity index (χ0v) is 10.8. The molecule has 0 spiro atoms. The van der Waals surface area contributed by atoms with Crippen LogP contribution < -0.4 is 11.1 Å². The quantitative estimate of drug-likeness (QED) is 0.533. The van der Waals surface area contributed by atoms with Crippen molar-refractivity contribution < 1.29 is 14.8 Å². The molecule has 2 rings (SSSR count). The van der Waals surface area contributed by atoms with E-state index >= 15 is 0 Å². The number of carboxylic acid groups (broad SMARTS) is 1. The summed E-state index contributed by atoms with van der Waals surface area (Å²) in [5.74, 6) is -0.548. The number of aliphatic carboxylic acids is 1. The van der Waals surface area contributed by atoms with Crippen LogP contribution in [0.2, 0.25) is 0 Å². The van der Waals surface area contributed by atoms with Crippen LogP contribution in [-0.4, -0.2) is 27.5 Å². The molecule has 1 aliphatic carbocycles. The molecule has 1 aromatic rings. The maximum absolute atomic E-state index is 10.9. The summed E-state index contributed by atoms with van der Waals surface area (Å²) < 4.78 is 0. The van der Waals surface area contributed by atoms with Crippen LogP contribution in [0.15, 0.2) is 12.1 Å². The summed E-state index contributed by atoms with van der Waals surface area (Å²) in [5.41, 5.74) is 5.02. The fourth-order valence-electron chi connectivity index (χ4n) is 2.41. The molecule has 0 aromatic carbocycles. The summed E-state index contributed by atoms with van der Waals surface area (Å²) in [7, 11) is 0. The molecule has 0 atom stereocenters. The van der Waals surface area contributed by atoms with Gasteiger partial charge in [-0.15, -0.1) is 0 Å². The Balaban J connectivity index is 2.02. The molecule has 108 valence electrons. The van der Waals surface area contributed by atoms with Gasteiger partial charge in [0.25, 0.3) is 0 Å². The van der Waals surface area contributed by atoms with Gasteiger partial charge < -0.3 is 16.2 Å². The normalized spacial score (nSPS) is 16.2. The van der Waals surface area contributed by atoms with E-state index in [2.05, 4.69) is 10.3 Å². The molecule has 0 bridgehead atoms. The zero-order chi connectivity index (χ0) is 14.8. The second-order valence-electron chi connectivity index (χ2n) is 5.14. The third kappa shape index (κ3) is 2.95. The van der Waals surface area contributed by atoms with Crippen LogP contribution in [0.25, 0.3) is 0 Å². The van der Waals surface area contributed by atoms with Crippen molar-refractivity contribution in [3.05, 3.63) is 22.2 Å². The number of carbonyl (C=O) groups is 1. The first kappa shape index (κ1) is 14.0. The molecule has 1 aliphatic rings. The van der Waals surface area contributed by atoms with Gasteiger partial charge in [0.15, 0.2) is 0 Å². The molecule has 1 fully saturated rings. The molecule has 0 amide bonds. The Morgan fingerprint density at radius 3 is 2.70 bits per heavy atom. The largest absolute Gasteiger partial charge is 0.481 e. The van der Waals surface area contributed by atoms with E-state index in [1.165, 1.54) is 12.1 Å². The Morgan fingerprint density at radius 1 is 1.55 bits per heavy atom. The van der Waals surface area contributed by atoms with Gasteiger partial charge in [-0.2, -0.15) is 0 Å². The van der Waals surface area contributed by atoms with Crippen molar-refractivity contribution in [3.8, 4) is 0 Å². The summed E-state index contributed by atoms with van der Waals surface area (Å²) in [6.07, 6.45) is 2.84. The Bertz CT molecular complexity index is 542. The van der Waals surface area contributed by atoms with Crippen molar-refractivity contribution in [2.45, 2.75) is 25.7 Å². The minimum atomic E-state index is -0.817. The first-order valence-electron chi connectivity index (χ1n) is 6.28. The predicted molar refractivity (Wildman–Crippen MR) is 72.3 cm³/mol. The van der Waals surface area contributed by atoms with Gasteiger partial charge in [0, 0.05) is 12.6 Å². The van der Waals surface area contributed by atoms with Gasteiger partial charge in [0.2, 0.25) is 5.82 Å². The standard InChI is InChI=1S/C12H16N4O4/c13-11-8(16(19)20)2-3-9(15-11)14-7-12(4-1-5-12)6-10(17)18/h2-3H,1,4-7H2,(H,17,18)(H3,13,14,15). The fraction of sp³-hybridized carbons (Fsp3) is 0.500. The van der Waals surface area contributed by atoms with Crippen LogP contribution in [0, 0.1) is 15.5 Å². The maximum atomic E-state index is 10.9. The average molecular weight is 280 g/mol. The summed E-state index contributed by atoms with van der Waals surface area (Å²) >= 11 is 0. The van der Waals surface area contributed by atoms with Crippen LogP contribution in [0.5, 0.6) is 0 Å². The van der Waals surface area contributed by atoms with Gasteiger partial charge in [-0.25, -0.2) is 4.98 Å². The van der Waals surface area contributed by atoms with Crippen molar-refractivity contribution >= 4 is 23.3 Å². The summed E-state index contributed by atoms with van der Waals surface area (Å²) in [5, 5.41) is 22.6. The molecule has 0 unspecified atom stereocenters. The highest BCUT2D eigenvalue weighted by Gasteiger charge is 2.38. The van der Waals surface area contributed by atoms with E-state index in [1.807, 2.05) is 0 Å². The number of nitro groups is 1. The van der Waals surface area contributed by atoms with E-state index in [1.54, 1.807) is 0 Å². The number of hydrogen-bond acceptors (Lipinski definition) is 6. The molecule has 0 saturated heterocycles. The van der Waals surface area contributed by atoms with Gasteiger partial charge in [0.1, 0.15) is 5.82 Å². The monoisotopic (exact) mass is 280 g/mol. The lowest BCUT2D eigenvalue weighted by Gasteiger charge is -2.41. The van der Waals surface area contributed by atoms with Crippen molar-refractivity contribution in [3.63, 3.8) is 0 Å². The third-order valence-electron chi connectivity index (χ3n) is 3.68. The number of nitrogens with two attached hydrogens (primary N) is 1. The van der Waals surface area contributed by atoms with Crippen molar-refractivity contribution in [1.29, 1.82) is 0 Å². The fourth-order valence-corrected chi connectivity index (χ4v) is 2.41. The highest BCUT2D eigenvalue weighted by atomic mass is 16.6. The van der Waals surface area contributed by atoms with Gasteiger partial charge in [0.05, 0.1) is 11.3 Å². The average Bonchev–Trinajstić information content (AvgIpc) is 2.31. The van der Waals surface area contributed by atoms with Crippen LogP contribution in [0.1, 0.15) is 25.7 Å². The van der Waals surface area contributed by atoms with E-state index in [0.29, 0.717) is 12.4 Å². The number of aromatic nitrogens is 1. The molecule has 20 heavy (non-hydrogen) atoms. The van der Waals surface area contributed by atoms with Gasteiger partial charge in [-0.1, -0.05) is 6.42 Å². The molecule has 8 nitrogen and oxygen atoms in total. The number of rotatable bonds is 6. The van der Waals surface area contributed by atoms with Crippen molar-refractivity contribution in [2.24, 2.45) is 5.41 Å². The molecule has 8 heteroatoms. The molecule has 0 radical (unpaired) electrons. The lowest BCUT2D eigenvalue weighted by atomic mass is 9.66. The first-order valence-corrected chi connectivity index (χ1v) is 6.28. The number of hydrogen-bond donors (Lipinski definition) is 3. The number of anilines is 2. The molecular formula is C12H16N4O4. The second-order valence-corrected chi connectivity index (χ2v) is 5.14. The Labute approximate surface area is 115 Å². The second kappa shape index (κ2) is 5.32. The maximum Gasteiger partial charge on any atom is 0.311 e. The summed E-state index contributed by atoms with van der Waals surface area (Å²) in [6.45, 7) is 0.476. The zero-order valence-electron chi connectivity index (χ0n) is 10.8. The lowest BCUT2D eigenvalue weighted by Crippen LogP contribution is -2.38. The molecule has 1 aromatic heterocycles. The summed E-state index contributed by atoms with van der Waals surface area (Å²) in [6, 6.07) is 2.76. The highest BCUT2D eigenvalue weighted by Crippen LogP contribution is 2.44. The first-order chi connectivity index (χ1) is 9.42. The van der Waals surface area contributed by atoms with E-state index in [9.17, 15) is 14.9 Å². The highest BCUT2D eigenvalue weighted by molar-refractivity contribution is 5.68. The lowest BCUT2D eigenvalue weighted by molar-refractivity contribution is -0.384. The van der Waals surface area contributed by atoms with Crippen molar-refractivity contribution in [1.82, 2.24) is 4.98 Å². The van der Waals surface area contributed by atoms with E-state index in [4.69, 9.17) is 10.8 Å². The number of nitrogen functional groups attached to an aromatic ring is 1. The van der Waals surface area contributed by atoms with E-state index < -0.39 is 10.9 Å². The Hall–Kier alpha value is -2.38. The van der Waals surface area contributed by atoms with Crippen LogP contribution in [0.4, 0.5) is 17.3 Å². The van der Waals surface area contributed by atoms with Crippen LogP contribution in [-0.2, 0) is 4.79 Å². The van der Waals surface area contributed by atoms with Crippen LogP contribution in [0.3, 0.4) is 0 Å². The molecule has 1 heterocycles. The Kier molecular flexibility index (Phi) is 3.73. The molecular weight excluding hydrogens is 264 g/mol. The molecule has 0 aliphatic heterocycles. The van der Waals surface area contributed by atoms with Crippen LogP contribution >= 0.6 is 0 Å². The van der Waals surface area contributed by atoms with Crippen molar-refractivity contribution in [2.75, 3.05) is 17.6 Å². The molecule has 4 N–H and O–H groups in total. The Morgan fingerprint density at radius 2 is 2.25 bits per heavy atom. The minimum absolute atomic E-state index is 0.114. The van der Waals surface area contributed by atoms with Gasteiger partial charge in [-0.3, -0.25) is 14.9 Å². The number of carboxylic acids is 1. The minimum Gasteiger partial charge on any atom is -0.481 e. The van der Waals surface area contributed by atoms with E-state index in [-0.39, 0.29) is 23.3 Å². The van der Waals surface area contributed by atoms with Gasteiger partial charge in [-0.05, 0) is 24.3 Å².